The number of methoxy groups -OCH3 is 1. The van der Waals surface area contributed by atoms with Crippen LogP contribution >= 0.6 is 0 Å². The zero-order valence-corrected chi connectivity index (χ0v) is 11.1. The van der Waals surface area contributed by atoms with Crippen molar-refractivity contribution in [2.45, 2.75) is 6.42 Å². The van der Waals surface area contributed by atoms with Gasteiger partial charge in [0.1, 0.15) is 17.3 Å². The van der Waals surface area contributed by atoms with Crippen LogP contribution in [0.3, 0.4) is 0 Å². The number of hydrogen-bond donors (Lipinski definition) is 2. The first-order chi connectivity index (χ1) is 9.60. The average Bonchev–Trinajstić information content (AvgIpc) is 2.45. The van der Waals surface area contributed by atoms with Crippen LogP contribution in [0, 0.1) is 5.92 Å². The molecule has 0 spiro atoms. The molecule has 104 valence electrons. The van der Waals surface area contributed by atoms with Crippen LogP contribution < -0.4 is 0 Å². The summed E-state index contributed by atoms with van der Waals surface area (Å²) in [4.78, 5) is 11.9. The van der Waals surface area contributed by atoms with Crippen molar-refractivity contribution in [3.05, 3.63) is 59.9 Å². The van der Waals surface area contributed by atoms with Gasteiger partial charge < -0.3 is 14.9 Å². The molecule has 4 heteroatoms. The normalized spacial score (nSPS) is 18.1. The number of ketones is 1. The van der Waals surface area contributed by atoms with Crippen molar-refractivity contribution in [2.75, 3.05) is 7.11 Å². The average molecular weight is 272 g/mol. The lowest BCUT2D eigenvalue weighted by Gasteiger charge is -2.11. The lowest BCUT2D eigenvalue weighted by molar-refractivity contribution is 0.104. The molecule has 0 aliphatic heterocycles. The molecule has 0 radical (unpaired) electrons. The van der Waals surface area contributed by atoms with E-state index in [-0.39, 0.29) is 28.8 Å². The second-order valence-corrected chi connectivity index (χ2v) is 4.49. The van der Waals surface area contributed by atoms with Gasteiger partial charge in [-0.1, -0.05) is 12.2 Å². The fourth-order valence-corrected chi connectivity index (χ4v) is 1.94. The highest BCUT2D eigenvalue weighted by atomic mass is 16.5. The van der Waals surface area contributed by atoms with Gasteiger partial charge in [-0.25, -0.2) is 0 Å². The lowest BCUT2D eigenvalue weighted by atomic mass is 9.98. The standard InChI is InChI=1S/C16H16O4/c1-20-13-6-2-11(3-7-13)4-9-15(18)14-8-5-12(17)10-16(14)19/h2,4-11,17,19H,3H2,1H3/b9-4-/t11-/m1/s1. The van der Waals surface area contributed by atoms with Crippen LogP contribution in [0.1, 0.15) is 16.8 Å². The highest BCUT2D eigenvalue weighted by Crippen LogP contribution is 2.24. The Labute approximate surface area is 117 Å². The number of phenolic OH excluding ortho intramolecular Hbond substituents is 2. The summed E-state index contributed by atoms with van der Waals surface area (Å²) in [7, 11) is 1.61. The van der Waals surface area contributed by atoms with Crippen molar-refractivity contribution in [1.29, 1.82) is 0 Å². The van der Waals surface area contributed by atoms with Crippen LogP contribution in [0.15, 0.2) is 54.3 Å². The molecule has 0 fully saturated rings. The number of carbonyl (C=O) groups excluding carboxylic acids is 1. The van der Waals surface area contributed by atoms with Gasteiger partial charge in [0.2, 0.25) is 0 Å². The Bertz CT molecular complexity index is 596. The van der Waals surface area contributed by atoms with Crippen molar-refractivity contribution in [3.63, 3.8) is 0 Å². The van der Waals surface area contributed by atoms with Crippen molar-refractivity contribution < 1.29 is 19.7 Å². The molecule has 0 heterocycles. The van der Waals surface area contributed by atoms with Crippen molar-refractivity contribution >= 4 is 5.78 Å². The Hall–Kier alpha value is -2.49. The number of hydrogen-bond acceptors (Lipinski definition) is 4. The molecule has 1 atom stereocenters. The number of allylic oxidation sites excluding steroid dienone is 5. The first kappa shape index (κ1) is 13.9. The van der Waals surface area contributed by atoms with E-state index in [4.69, 9.17) is 4.74 Å². The topological polar surface area (TPSA) is 66.8 Å². The monoisotopic (exact) mass is 272 g/mol. The first-order valence-corrected chi connectivity index (χ1v) is 6.27. The van der Waals surface area contributed by atoms with E-state index >= 15 is 0 Å². The number of benzene rings is 1. The Kier molecular flexibility index (Phi) is 4.25. The summed E-state index contributed by atoms with van der Waals surface area (Å²) in [6.45, 7) is 0. The molecule has 2 N–H and O–H groups in total. The van der Waals surface area contributed by atoms with E-state index in [1.807, 2.05) is 18.2 Å². The molecule has 1 aliphatic carbocycles. The molecule has 0 saturated carbocycles. The van der Waals surface area contributed by atoms with E-state index in [0.717, 1.165) is 18.2 Å². The molecule has 0 unspecified atom stereocenters. The van der Waals surface area contributed by atoms with Crippen LogP contribution in [0.5, 0.6) is 11.5 Å². The summed E-state index contributed by atoms with van der Waals surface area (Å²) < 4.78 is 5.09. The molecule has 0 amide bonds. The largest absolute Gasteiger partial charge is 0.508 e. The zero-order valence-electron chi connectivity index (χ0n) is 11.1. The molecule has 2 rings (SSSR count). The van der Waals surface area contributed by atoms with Gasteiger partial charge in [-0.05, 0) is 42.7 Å². The van der Waals surface area contributed by atoms with Gasteiger partial charge in [-0.2, -0.15) is 0 Å². The minimum atomic E-state index is -0.294. The van der Waals surface area contributed by atoms with Gasteiger partial charge in [0, 0.05) is 6.07 Å². The maximum atomic E-state index is 11.9. The van der Waals surface area contributed by atoms with Crippen molar-refractivity contribution in [2.24, 2.45) is 5.92 Å². The predicted octanol–water partition coefficient (Wildman–Crippen LogP) is 2.94. The molecule has 20 heavy (non-hydrogen) atoms. The highest BCUT2D eigenvalue weighted by Gasteiger charge is 2.10. The summed E-state index contributed by atoms with van der Waals surface area (Å²) in [6, 6.07) is 3.92. The van der Waals surface area contributed by atoms with Crippen molar-refractivity contribution in [3.8, 4) is 11.5 Å². The van der Waals surface area contributed by atoms with Crippen LogP contribution in [0.2, 0.25) is 0 Å². The number of aromatic hydroxyl groups is 2. The smallest absolute Gasteiger partial charge is 0.189 e. The second-order valence-electron chi connectivity index (χ2n) is 4.49. The maximum absolute atomic E-state index is 11.9. The van der Waals surface area contributed by atoms with Gasteiger partial charge in [0.05, 0.1) is 12.7 Å². The van der Waals surface area contributed by atoms with Gasteiger partial charge in [0.15, 0.2) is 5.78 Å². The molecule has 1 aliphatic rings. The van der Waals surface area contributed by atoms with E-state index in [1.165, 1.54) is 18.2 Å². The predicted molar refractivity (Wildman–Crippen MR) is 75.6 cm³/mol. The SMILES string of the molecule is COC1=CC[C@H](/C=C\C(=O)c2ccc(O)cc2O)C=C1. The molecular formula is C16H16O4. The molecule has 1 aromatic rings. The third kappa shape index (κ3) is 3.29. The molecule has 4 nitrogen and oxygen atoms in total. The number of rotatable bonds is 4. The quantitative estimate of drug-likeness (QED) is 0.653. The minimum absolute atomic E-state index is 0.0736. The maximum Gasteiger partial charge on any atom is 0.189 e. The fraction of sp³-hybridized carbons (Fsp3) is 0.188. The van der Waals surface area contributed by atoms with Crippen LogP contribution in [-0.2, 0) is 4.74 Å². The third-order valence-corrected chi connectivity index (χ3v) is 3.08. The van der Waals surface area contributed by atoms with E-state index in [0.29, 0.717) is 0 Å². The van der Waals surface area contributed by atoms with Crippen LogP contribution in [0.25, 0.3) is 0 Å². The number of carbonyl (C=O) groups is 1. The summed E-state index contributed by atoms with van der Waals surface area (Å²) in [5.74, 6) is 0.363. The lowest BCUT2D eigenvalue weighted by Crippen LogP contribution is -2.00. The molecule has 1 aromatic carbocycles. The Balaban J connectivity index is 2.03. The summed E-state index contributed by atoms with van der Waals surface area (Å²) in [5, 5.41) is 18.8. The Morgan fingerprint density at radius 2 is 2.20 bits per heavy atom. The molecule has 0 saturated heterocycles. The van der Waals surface area contributed by atoms with Gasteiger partial charge in [-0.15, -0.1) is 0 Å². The van der Waals surface area contributed by atoms with Gasteiger partial charge in [0.25, 0.3) is 0 Å². The zero-order chi connectivity index (χ0) is 14.5. The third-order valence-electron chi connectivity index (χ3n) is 3.08. The summed E-state index contributed by atoms with van der Waals surface area (Å²) in [5.41, 5.74) is 0.173. The second kappa shape index (κ2) is 6.10. The minimum Gasteiger partial charge on any atom is -0.508 e. The van der Waals surface area contributed by atoms with E-state index in [1.54, 1.807) is 13.2 Å². The molecular weight excluding hydrogens is 256 g/mol. The Morgan fingerprint density at radius 3 is 2.80 bits per heavy atom. The van der Waals surface area contributed by atoms with E-state index in [2.05, 4.69) is 0 Å². The number of phenols is 2. The number of ether oxygens (including phenoxy) is 1. The van der Waals surface area contributed by atoms with Crippen LogP contribution in [0.4, 0.5) is 0 Å². The van der Waals surface area contributed by atoms with Crippen LogP contribution in [-0.4, -0.2) is 23.1 Å². The molecule has 0 aromatic heterocycles. The summed E-state index contributed by atoms with van der Waals surface area (Å²) >= 11 is 0. The summed E-state index contributed by atoms with van der Waals surface area (Å²) in [6.07, 6.45) is 9.77. The van der Waals surface area contributed by atoms with Gasteiger partial charge >= 0.3 is 0 Å². The van der Waals surface area contributed by atoms with E-state index in [9.17, 15) is 15.0 Å². The molecule has 0 bridgehead atoms. The highest BCUT2D eigenvalue weighted by molar-refractivity contribution is 6.06. The van der Waals surface area contributed by atoms with E-state index < -0.39 is 0 Å². The van der Waals surface area contributed by atoms with Crippen molar-refractivity contribution in [1.82, 2.24) is 0 Å². The first-order valence-electron chi connectivity index (χ1n) is 6.27. The van der Waals surface area contributed by atoms with Gasteiger partial charge in [-0.3, -0.25) is 4.79 Å². The fourth-order valence-electron chi connectivity index (χ4n) is 1.94. The Morgan fingerprint density at radius 1 is 1.40 bits per heavy atom.